The summed E-state index contributed by atoms with van der Waals surface area (Å²) in [5, 5.41) is 0. The Morgan fingerprint density at radius 1 is 1.36 bits per heavy atom. The highest BCUT2D eigenvalue weighted by Crippen LogP contribution is 1.91. The molecule has 0 atom stereocenters. The lowest BCUT2D eigenvalue weighted by Gasteiger charge is -1.84. The van der Waals surface area contributed by atoms with Crippen molar-refractivity contribution < 1.29 is 0 Å². The van der Waals surface area contributed by atoms with Crippen LogP contribution < -0.4 is 0 Å². The molecule has 0 radical (unpaired) electrons. The Bertz CT molecular complexity index is 230. The Morgan fingerprint density at radius 3 is 2.27 bits per heavy atom. The van der Waals surface area contributed by atoms with E-state index in [0.717, 1.165) is 5.69 Å². The van der Waals surface area contributed by atoms with E-state index in [2.05, 4.69) is 30.5 Å². The lowest BCUT2D eigenvalue weighted by atomic mass is 10.4. The summed E-state index contributed by atoms with van der Waals surface area (Å²) in [6.07, 6.45) is 3.47. The van der Waals surface area contributed by atoms with E-state index in [1.807, 2.05) is 18.2 Å². The van der Waals surface area contributed by atoms with Crippen LogP contribution in [-0.2, 0) is 0 Å². The van der Waals surface area contributed by atoms with Crippen LogP contribution in [0.25, 0.3) is 6.08 Å². The van der Waals surface area contributed by atoms with Gasteiger partial charge in [0.15, 0.2) is 0 Å². The zero-order valence-corrected chi connectivity index (χ0v) is 6.46. The van der Waals surface area contributed by atoms with Gasteiger partial charge in [-0.05, 0) is 18.2 Å². The van der Waals surface area contributed by atoms with Crippen LogP contribution in [0.1, 0.15) is 5.69 Å². The van der Waals surface area contributed by atoms with Gasteiger partial charge in [0.05, 0.1) is 5.69 Å². The smallest absolute Gasteiger partial charge is 0.0623 e. The SMILES string of the molecule is C=C=C.C=Cc1ccccn1. The second-order valence-electron chi connectivity index (χ2n) is 1.71. The van der Waals surface area contributed by atoms with Crippen molar-refractivity contribution in [3.63, 3.8) is 0 Å². The largest absolute Gasteiger partial charge is 0.257 e. The molecule has 0 amide bonds. The van der Waals surface area contributed by atoms with Crippen molar-refractivity contribution in [2.75, 3.05) is 0 Å². The quantitative estimate of drug-likeness (QED) is 0.553. The van der Waals surface area contributed by atoms with Gasteiger partial charge in [0.25, 0.3) is 0 Å². The molecule has 1 nitrogen and oxygen atoms in total. The predicted molar refractivity (Wildman–Crippen MR) is 49.1 cm³/mol. The highest BCUT2D eigenvalue weighted by molar-refractivity contribution is 5.40. The van der Waals surface area contributed by atoms with E-state index in [9.17, 15) is 0 Å². The summed E-state index contributed by atoms with van der Waals surface area (Å²) in [5.74, 6) is 0. The summed E-state index contributed by atoms with van der Waals surface area (Å²) in [6.45, 7) is 9.82. The summed E-state index contributed by atoms with van der Waals surface area (Å²) in [6, 6.07) is 5.73. The van der Waals surface area contributed by atoms with Gasteiger partial charge >= 0.3 is 0 Å². The number of rotatable bonds is 1. The summed E-state index contributed by atoms with van der Waals surface area (Å²) in [7, 11) is 0. The third-order valence-electron chi connectivity index (χ3n) is 0.897. The van der Waals surface area contributed by atoms with Gasteiger partial charge in [-0.25, -0.2) is 0 Å². The van der Waals surface area contributed by atoms with Crippen LogP contribution in [-0.4, -0.2) is 4.98 Å². The zero-order valence-electron chi connectivity index (χ0n) is 6.46. The molecule has 11 heavy (non-hydrogen) atoms. The summed E-state index contributed by atoms with van der Waals surface area (Å²) in [5.41, 5.74) is 3.17. The van der Waals surface area contributed by atoms with E-state index in [1.165, 1.54) is 0 Å². The Morgan fingerprint density at radius 2 is 2.00 bits per heavy atom. The molecule has 1 aromatic heterocycles. The molecular weight excluding hydrogens is 134 g/mol. The average molecular weight is 145 g/mol. The summed E-state index contributed by atoms with van der Waals surface area (Å²) >= 11 is 0. The van der Waals surface area contributed by atoms with Crippen LogP contribution in [0.3, 0.4) is 0 Å². The van der Waals surface area contributed by atoms with Crippen molar-refractivity contribution in [1.29, 1.82) is 0 Å². The van der Waals surface area contributed by atoms with Gasteiger partial charge in [-0.2, -0.15) is 0 Å². The number of pyridine rings is 1. The maximum absolute atomic E-state index is 3.98. The Labute approximate surface area is 67.4 Å². The van der Waals surface area contributed by atoms with Gasteiger partial charge in [0.2, 0.25) is 0 Å². The molecule has 0 bridgehead atoms. The van der Waals surface area contributed by atoms with Crippen LogP contribution in [0, 0.1) is 0 Å². The van der Waals surface area contributed by atoms with Gasteiger partial charge in [0.1, 0.15) is 0 Å². The van der Waals surface area contributed by atoms with E-state index >= 15 is 0 Å². The topological polar surface area (TPSA) is 12.9 Å². The molecule has 56 valence electrons. The normalized spacial score (nSPS) is 6.91. The Kier molecular flexibility index (Phi) is 5.59. The maximum atomic E-state index is 3.98. The van der Waals surface area contributed by atoms with E-state index in [0.29, 0.717) is 0 Å². The second kappa shape index (κ2) is 6.53. The van der Waals surface area contributed by atoms with Gasteiger partial charge < -0.3 is 0 Å². The number of hydrogen-bond donors (Lipinski definition) is 0. The molecule has 1 aromatic rings. The van der Waals surface area contributed by atoms with Crippen molar-refractivity contribution in [3.8, 4) is 0 Å². The van der Waals surface area contributed by atoms with Crippen molar-refractivity contribution in [1.82, 2.24) is 4.98 Å². The van der Waals surface area contributed by atoms with Crippen LogP contribution in [0.2, 0.25) is 0 Å². The van der Waals surface area contributed by atoms with E-state index in [1.54, 1.807) is 12.3 Å². The van der Waals surface area contributed by atoms with Gasteiger partial charge in [-0.3, -0.25) is 4.98 Å². The first-order chi connectivity index (χ1) is 5.35. The first kappa shape index (κ1) is 9.41. The fourth-order valence-electron chi connectivity index (χ4n) is 0.497. The molecule has 1 heterocycles. The molecule has 0 aromatic carbocycles. The van der Waals surface area contributed by atoms with Gasteiger partial charge in [-0.1, -0.05) is 25.8 Å². The summed E-state index contributed by atoms with van der Waals surface area (Å²) < 4.78 is 0. The molecule has 0 unspecified atom stereocenters. The molecule has 1 heteroatoms. The summed E-state index contributed by atoms with van der Waals surface area (Å²) in [4.78, 5) is 3.98. The molecule has 1 rings (SSSR count). The molecule has 0 fully saturated rings. The lowest BCUT2D eigenvalue weighted by molar-refractivity contribution is 1.30. The number of hydrogen-bond acceptors (Lipinski definition) is 1. The molecular formula is C10H11N. The van der Waals surface area contributed by atoms with Crippen molar-refractivity contribution >= 4 is 6.08 Å². The molecule has 0 aliphatic heterocycles. The molecule has 0 spiro atoms. The van der Waals surface area contributed by atoms with Crippen LogP contribution in [0.5, 0.6) is 0 Å². The van der Waals surface area contributed by atoms with Gasteiger partial charge in [-0.15, -0.1) is 5.73 Å². The monoisotopic (exact) mass is 145 g/mol. The van der Waals surface area contributed by atoms with Crippen molar-refractivity contribution in [3.05, 3.63) is 55.6 Å². The van der Waals surface area contributed by atoms with E-state index in [4.69, 9.17) is 0 Å². The van der Waals surface area contributed by atoms with E-state index < -0.39 is 0 Å². The Balaban J connectivity index is 0.000000292. The molecule has 0 N–H and O–H groups in total. The maximum Gasteiger partial charge on any atom is 0.0623 e. The van der Waals surface area contributed by atoms with Crippen molar-refractivity contribution in [2.24, 2.45) is 0 Å². The first-order valence-corrected chi connectivity index (χ1v) is 3.17. The van der Waals surface area contributed by atoms with E-state index in [-0.39, 0.29) is 0 Å². The van der Waals surface area contributed by atoms with Crippen LogP contribution in [0.4, 0.5) is 0 Å². The van der Waals surface area contributed by atoms with Crippen molar-refractivity contribution in [2.45, 2.75) is 0 Å². The highest BCUT2D eigenvalue weighted by Gasteiger charge is 1.77. The highest BCUT2D eigenvalue weighted by atomic mass is 14.6. The minimum Gasteiger partial charge on any atom is -0.257 e. The van der Waals surface area contributed by atoms with Crippen LogP contribution in [0.15, 0.2) is 49.9 Å². The fourth-order valence-corrected chi connectivity index (χ4v) is 0.497. The zero-order chi connectivity index (χ0) is 8.53. The Hall–Kier alpha value is -1.59. The number of nitrogens with zero attached hydrogens (tertiary/aromatic N) is 1. The predicted octanol–water partition coefficient (Wildman–Crippen LogP) is 2.68. The molecule has 0 aliphatic rings. The molecule has 0 saturated heterocycles. The average Bonchev–Trinajstić information content (AvgIpc) is 2.08. The lowest BCUT2D eigenvalue weighted by Crippen LogP contribution is -1.73. The minimum atomic E-state index is 0.924. The third kappa shape index (κ3) is 4.89. The second-order valence-corrected chi connectivity index (χ2v) is 1.71. The third-order valence-corrected chi connectivity index (χ3v) is 0.897. The van der Waals surface area contributed by atoms with Gasteiger partial charge in [0, 0.05) is 6.20 Å². The minimum absolute atomic E-state index is 0.924. The number of aromatic nitrogens is 1. The molecule has 0 saturated carbocycles. The fraction of sp³-hybridized carbons (Fsp3) is 0. The first-order valence-electron chi connectivity index (χ1n) is 3.17. The standard InChI is InChI=1S/C7H7N.C3H4/c1-2-7-5-3-4-6-8-7;1-3-2/h2-6H,1H2;1-2H2. The van der Waals surface area contributed by atoms with Crippen LogP contribution >= 0.6 is 0 Å². The molecule has 0 aliphatic carbocycles.